The predicted molar refractivity (Wildman–Crippen MR) is 70.0 cm³/mol. The molecule has 2 fully saturated rings. The summed E-state index contributed by atoms with van der Waals surface area (Å²) in [5.41, 5.74) is -0.689. The fourth-order valence-corrected chi connectivity index (χ4v) is 3.05. The van der Waals surface area contributed by atoms with Crippen molar-refractivity contribution in [2.24, 2.45) is 5.92 Å². The van der Waals surface area contributed by atoms with Crippen LogP contribution in [0.4, 0.5) is 0 Å². The third-order valence-electron chi connectivity index (χ3n) is 4.50. The number of carbonyl (C=O) groups is 2. The highest BCUT2D eigenvalue weighted by atomic mass is 16.2. The molecule has 102 valence electrons. The number of rotatable bonds is 4. The largest absolute Gasteiger partial charge is 0.340 e. The maximum atomic E-state index is 12.3. The summed E-state index contributed by atoms with van der Waals surface area (Å²) in [7, 11) is 0. The van der Waals surface area contributed by atoms with Crippen molar-refractivity contribution >= 4 is 11.8 Å². The molecule has 1 N–H and O–H groups in total. The molecule has 1 saturated heterocycles. The summed E-state index contributed by atoms with van der Waals surface area (Å²) in [6.45, 7) is 4.75. The summed E-state index contributed by atoms with van der Waals surface area (Å²) in [5.74, 6) is 0.823. The summed E-state index contributed by atoms with van der Waals surface area (Å²) >= 11 is 0. The molecular weight excluding hydrogens is 228 g/mol. The first kappa shape index (κ1) is 13.4. The lowest BCUT2D eigenvalue weighted by atomic mass is 9.93. The van der Waals surface area contributed by atoms with Gasteiger partial charge in [-0.1, -0.05) is 32.6 Å². The highest BCUT2D eigenvalue weighted by Gasteiger charge is 2.41. The van der Waals surface area contributed by atoms with Crippen LogP contribution in [-0.2, 0) is 9.59 Å². The summed E-state index contributed by atoms with van der Waals surface area (Å²) < 4.78 is 0. The average Bonchev–Trinajstić information content (AvgIpc) is 2.85. The summed E-state index contributed by atoms with van der Waals surface area (Å²) in [6, 6.07) is 0. The summed E-state index contributed by atoms with van der Waals surface area (Å²) in [4.78, 5) is 25.8. The molecule has 0 aromatic heterocycles. The third kappa shape index (κ3) is 2.68. The molecule has 2 aliphatic rings. The van der Waals surface area contributed by atoms with E-state index in [-0.39, 0.29) is 18.4 Å². The van der Waals surface area contributed by atoms with E-state index in [0.717, 1.165) is 18.9 Å². The van der Waals surface area contributed by atoms with Gasteiger partial charge in [-0.25, -0.2) is 0 Å². The molecule has 4 nitrogen and oxygen atoms in total. The Bertz CT molecular complexity index is 337. The Morgan fingerprint density at radius 1 is 1.33 bits per heavy atom. The van der Waals surface area contributed by atoms with Crippen LogP contribution in [0.25, 0.3) is 0 Å². The zero-order valence-electron chi connectivity index (χ0n) is 11.5. The summed E-state index contributed by atoms with van der Waals surface area (Å²) in [5, 5.41) is 2.82. The molecular formula is C14H24N2O2. The number of carbonyl (C=O) groups excluding carboxylic acids is 2. The standard InChI is InChI=1S/C14H24N2O2/c1-3-14(2)13(18)16(10-12(17)15-14)9-8-11-6-4-5-7-11/h11H,3-10H2,1-2H3,(H,15,17). The lowest BCUT2D eigenvalue weighted by Crippen LogP contribution is -2.65. The fourth-order valence-electron chi connectivity index (χ4n) is 3.05. The normalized spacial score (nSPS) is 29.8. The Balaban J connectivity index is 1.93. The molecule has 0 aromatic rings. The van der Waals surface area contributed by atoms with Gasteiger partial charge < -0.3 is 10.2 Å². The van der Waals surface area contributed by atoms with Gasteiger partial charge in [0.25, 0.3) is 0 Å². The second-order valence-corrected chi connectivity index (χ2v) is 5.90. The fraction of sp³-hybridized carbons (Fsp3) is 0.857. The van der Waals surface area contributed by atoms with Crippen LogP contribution in [0, 0.1) is 5.92 Å². The van der Waals surface area contributed by atoms with E-state index in [1.165, 1.54) is 25.7 Å². The molecule has 1 saturated carbocycles. The van der Waals surface area contributed by atoms with E-state index in [0.29, 0.717) is 6.42 Å². The number of nitrogens with one attached hydrogen (secondary N) is 1. The maximum Gasteiger partial charge on any atom is 0.248 e. The van der Waals surface area contributed by atoms with Crippen LogP contribution in [0.5, 0.6) is 0 Å². The van der Waals surface area contributed by atoms with Crippen molar-refractivity contribution in [2.45, 2.75) is 57.9 Å². The van der Waals surface area contributed by atoms with Gasteiger partial charge in [0.05, 0.1) is 6.54 Å². The number of amides is 2. The van der Waals surface area contributed by atoms with Crippen molar-refractivity contribution in [1.29, 1.82) is 0 Å². The van der Waals surface area contributed by atoms with E-state index in [1.807, 2.05) is 13.8 Å². The van der Waals surface area contributed by atoms with Crippen LogP contribution in [0.1, 0.15) is 52.4 Å². The van der Waals surface area contributed by atoms with E-state index in [4.69, 9.17) is 0 Å². The molecule has 1 atom stereocenters. The third-order valence-corrected chi connectivity index (χ3v) is 4.50. The molecule has 1 aliphatic carbocycles. The SMILES string of the molecule is CCC1(C)NC(=O)CN(CCC2CCCC2)C1=O. The van der Waals surface area contributed by atoms with E-state index in [1.54, 1.807) is 4.90 Å². The van der Waals surface area contributed by atoms with E-state index in [9.17, 15) is 9.59 Å². The zero-order chi connectivity index (χ0) is 13.2. The monoisotopic (exact) mass is 252 g/mol. The van der Waals surface area contributed by atoms with Gasteiger partial charge in [0.15, 0.2) is 0 Å². The van der Waals surface area contributed by atoms with Gasteiger partial charge in [0.1, 0.15) is 5.54 Å². The molecule has 2 amide bonds. The topological polar surface area (TPSA) is 49.4 Å². The minimum Gasteiger partial charge on any atom is -0.340 e. The highest BCUT2D eigenvalue weighted by molar-refractivity contribution is 5.97. The van der Waals surface area contributed by atoms with Gasteiger partial charge in [0, 0.05) is 6.54 Å². The lowest BCUT2D eigenvalue weighted by molar-refractivity contribution is -0.149. The van der Waals surface area contributed by atoms with Gasteiger partial charge >= 0.3 is 0 Å². The van der Waals surface area contributed by atoms with Gasteiger partial charge in [0.2, 0.25) is 11.8 Å². The van der Waals surface area contributed by atoms with Crippen molar-refractivity contribution in [3.05, 3.63) is 0 Å². The second kappa shape index (κ2) is 5.29. The van der Waals surface area contributed by atoms with Gasteiger partial charge in [-0.3, -0.25) is 9.59 Å². The minimum absolute atomic E-state index is 0.0228. The van der Waals surface area contributed by atoms with Gasteiger partial charge in [-0.2, -0.15) is 0 Å². The molecule has 0 aromatic carbocycles. The van der Waals surface area contributed by atoms with Crippen molar-refractivity contribution < 1.29 is 9.59 Å². The molecule has 1 unspecified atom stereocenters. The molecule has 0 spiro atoms. The van der Waals surface area contributed by atoms with E-state index >= 15 is 0 Å². The van der Waals surface area contributed by atoms with Crippen molar-refractivity contribution in [2.75, 3.05) is 13.1 Å². The zero-order valence-corrected chi connectivity index (χ0v) is 11.5. The predicted octanol–water partition coefficient (Wildman–Crippen LogP) is 1.69. The van der Waals surface area contributed by atoms with Crippen LogP contribution < -0.4 is 5.32 Å². The van der Waals surface area contributed by atoms with Crippen molar-refractivity contribution in [1.82, 2.24) is 10.2 Å². The van der Waals surface area contributed by atoms with Crippen LogP contribution in [0.15, 0.2) is 0 Å². The molecule has 0 radical (unpaired) electrons. The van der Waals surface area contributed by atoms with Crippen LogP contribution in [0.3, 0.4) is 0 Å². The molecule has 1 heterocycles. The van der Waals surface area contributed by atoms with Crippen molar-refractivity contribution in [3.63, 3.8) is 0 Å². The Morgan fingerprint density at radius 3 is 2.61 bits per heavy atom. The average molecular weight is 252 g/mol. The van der Waals surface area contributed by atoms with E-state index < -0.39 is 5.54 Å². The number of nitrogens with zero attached hydrogens (tertiary/aromatic N) is 1. The van der Waals surface area contributed by atoms with Crippen LogP contribution >= 0.6 is 0 Å². The molecule has 4 heteroatoms. The van der Waals surface area contributed by atoms with Gasteiger partial charge in [-0.15, -0.1) is 0 Å². The number of hydrogen-bond acceptors (Lipinski definition) is 2. The smallest absolute Gasteiger partial charge is 0.248 e. The van der Waals surface area contributed by atoms with E-state index in [2.05, 4.69) is 5.32 Å². The van der Waals surface area contributed by atoms with Gasteiger partial charge in [-0.05, 0) is 25.7 Å². The van der Waals surface area contributed by atoms with Crippen molar-refractivity contribution in [3.8, 4) is 0 Å². The number of hydrogen-bond donors (Lipinski definition) is 1. The minimum atomic E-state index is -0.689. The quantitative estimate of drug-likeness (QED) is 0.828. The first-order chi connectivity index (χ1) is 8.55. The van der Waals surface area contributed by atoms with Crippen LogP contribution in [-0.4, -0.2) is 35.3 Å². The second-order valence-electron chi connectivity index (χ2n) is 5.90. The Labute approximate surface area is 109 Å². The Kier molecular flexibility index (Phi) is 3.93. The maximum absolute atomic E-state index is 12.3. The molecule has 1 aliphatic heterocycles. The number of piperazine rings is 1. The first-order valence-electron chi connectivity index (χ1n) is 7.15. The molecule has 18 heavy (non-hydrogen) atoms. The first-order valence-corrected chi connectivity index (χ1v) is 7.15. The van der Waals surface area contributed by atoms with Crippen LogP contribution in [0.2, 0.25) is 0 Å². The molecule has 2 rings (SSSR count). The lowest BCUT2D eigenvalue weighted by Gasteiger charge is -2.39. The highest BCUT2D eigenvalue weighted by Crippen LogP contribution is 2.28. The Hall–Kier alpha value is -1.06. The Morgan fingerprint density at radius 2 is 2.00 bits per heavy atom. The molecule has 0 bridgehead atoms. The summed E-state index contributed by atoms with van der Waals surface area (Å²) in [6.07, 6.45) is 6.94.